The van der Waals surface area contributed by atoms with Crippen LogP contribution in [0.5, 0.6) is 0 Å². The smallest absolute Gasteiger partial charge is 0.265 e. The average Bonchev–Trinajstić information content (AvgIpc) is 3.19. The first-order chi connectivity index (χ1) is 12.1. The van der Waals surface area contributed by atoms with Crippen LogP contribution in [0.3, 0.4) is 0 Å². The summed E-state index contributed by atoms with van der Waals surface area (Å²) in [4.78, 5) is 0.247. The standard InChI is InChI=1S/C19H26ClN3O2S/c1-13-15(20)10-7-11-16(13)22-26(24,25)17-12-23(14-8-5-6-9-14)21-18(17)19(2,3)4/h7,10-12,14,22H,5-6,8-9H2,1-4H3. The Morgan fingerprint density at radius 1 is 1.23 bits per heavy atom. The second-order valence-corrected chi connectivity index (χ2v) is 10.1. The molecule has 0 radical (unpaired) electrons. The summed E-state index contributed by atoms with van der Waals surface area (Å²) in [6.07, 6.45) is 6.12. The third-order valence-corrected chi connectivity index (χ3v) is 6.69. The molecule has 3 rings (SSSR count). The van der Waals surface area contributed by atoms with Crippen molar-refractivity contribution in [2.24, 2.45) is 0 Å². The maximum absolute atomic E-state index is 13.2. The second-order valence-electron chi connectivity index (χ2n) is 8.03. The third-order valence-electron chi connectivity index (χ3n) is 4.91. The van der Waals surface area contributed by atoms with Crippen molar-refractivity contribution in [2.45, 2.75) is 69.7 Å². The Bertz CT molecular complexity index is 907. The summed E-state index contributed by atoms with van der Waals surface area (Å²) in [6, 6.07) is 5.48. The summed E-state index contributed by atoms with van der Waals surface area (Å²) in [5.74, 6) is 0. The molecule has 1 aliphatic rings. The molecule has 0 amide bonds. The van der Waals surface area contributed by atoms with Crippen LogP contribution in [-0.2, 0) is 15.4 Å². The third kappa shape index (κ3) is 3.76. The number of nitrogens with zero attached hydrogens (tertiary/aromatic N) is 2. The fourth-order valence-electron chi connectivity index (χ4n) is 3.36. The van der Waals surface area contributed by atoms with Gasteiger partial charge in [-0.05, 0) is 37.5 Å². The SMILES string of the molecule is Cc1c(Cl)cccc1NS(=O)(=O)c1cn(C2CCCC2)nc1C(C)(C)C. The molecule has 1 aliphatic carbocycles. The van der Waals surface area contributed by atoms with Crippen molar-refractivity contribution in [1.82, 2.24) is 9.78 Å². The molecule has 1 heterocycles. The lowest BCUT2D eigenvalue weighted by Gasteiger charge is -2.18. The summed E-state index contributed by atoms with van der Waals surface area (Å²) < 4.78 is 30.9. The van der Waals surface area contributed by atoms with Gasteiger partial charge in [-0.1, -0.05) is 51.3 Å². The first kappa shape index (κ1) is 19.2. The molecule has 0 saturated heterocycles. The summed E-state index contributed by atoms with van der Waals surface area (Å²) in [5, 5.41) is 5.21. The minimum atomic E-state index is -3.77. The summed E-state index contributed by atoms with van der Waals surface area (Å²) >= 11 is 6.13. The van der Waals surface area contributed by atoms with Gasteiger partial charge in [0.2, 0.25) is 0 Å². The van der Waals surface area contributed by atoms with E-state index in [4.69, 9.17) is 11.6 Å². The van der Waals surface area contributed by atoms with Crippen molar-refractivity contribution in [3.8, 4) is 0 Å². The fraction of sp³-hybridized carbons (Fsp3) is 0.526. The number of hydrogen-bond acceptors (Lipinski definition) is 3. The number of aromatic nitrogens is 2. The van der Waals surface area contributed by atoms with E-state index >= 15 is 0 Å². The van der Waals surface area contributed by atoms with Crippen molar-refractivity contribution in [3.63, 3.8) is 0 Å². The molecule has 1 saturated carbocycles. The Morgan fingerprint density at radius 2 is 1.88 bits per heavy atom. The van der Waals surface area contributed by atoms with Gasteiger partial charge >= 0.3 is 0 Å². The van der Waals surface area contributed by atoms with Gasteiger partial charge in [-0.3, -0.25) is 9.40 Å². The first-order valence-corrected chi connectivity index (χ1v) is 10.8. The predicted octanol–water partition coefficient (Wildman–Crippen LogP) is 5.06. The minimum absolute atomic E-state index is 0.247. The molecule has 2 aromatic rings. The molecule has 0 spiro atoms. The molecule has 1 aromatic carbocycles. The zero-order chi connectivity index (χ0) is 19.1. The van der Waals surface area contributed by atoms with Crippen molar-refractivity contribution in [1.29, 1.82) is 0 Å². The zero-order valence-corrected chi connectivity index (χ0v) is 17.3. The van der Waals surface area contributed by atoms with Gasteiger partial charge in [0.15, 0.2) is 0 Å². The second kappa shape index (κ2) is 6.89. The quantitative estimate of drug-likeness (QED) is 0.786. The normalized spacial score (nSPS) is 16.2. The van der Waals surface area contributed by atoms with E-state index in [1.165, 1.54) is 0 Å². The van der Waals surface area contributed by atoms with E-state index in [9.17, 15) is 8.42 Å². The number of anilines is 1. The topological polar surface area (TPSA) is 64.0 Å². The van der Waals surface area contributed by atoms with E-state index in [0.29, 0.717) is 22.0 Å². The highest BCUT2D eigenvalue weighted by Gasteiger charge is 2.32. The molecule has 0 bridgehead atoms. The van der Waals surface area contributed by atoms with Crippen LogP contribution >= 0.6 is 11.6 Å². The Balaban J connectivity index is 2.04. The van der Waals surface area contributed by atoms with Crippen molar-refractivity contribution >= 4 is 27.3 Å². The van der Waals surface area contributed by atoms with E-state index in [0.717, 1.165) is 25.7 Å². The molecule has 0 unspecified atom stereocenters. The Kier molecular flexibility index (Phi) is 5.10. The molecule has 1 aromatic heterocycles. The predicted molar refractivity (Wildman–Crippen MR) is 105 cm³/mol. The molecule has 26 heavy (non-hydrogen) atoms. The number of halogens is 1. The van der Waals surface area contributed by atoms with E-state index in [1.54, 1.807) is 31.3 Å². The molecular weight excluding hydrogens is 370 g/mol. The fourth-order valence-corrected chi connectivity index (χ4v) is 5.01. The molecule has 142 valence electrons. The van der Waals surface area contributed by atoms with Crippen LogP contribution in [-0.4, -0.2) is 18.2 Å². The first-order valence-electron chi connectivity index (χ1n) is 8.97. The number of sulfonamides is 1. The van der Waals surface area contributed by atoms with E-state index < -0.39 is 10.0 Å². The van der Waals surface area contributed by atoms with Crippen LogP contribution in [0.15, 0.2) is 29.3 Å². The highest BCUT2D eigenvalue weighted by molar-refractivity contribution is 7.92. The number of nitrogens with one attached hydrogen (secondary N) is 1. The van der Waals surface area contributed by atoms with Crippen molar-refractivity contribution in [2.75, 3.05) is 4.72 Å². The van der Waals surface area contributed by atoms with Gasteiger partial charge in [-0.25, -0.2) is 8.42 Å². The monoisotopic (exact) mass is 395 g/mol. The lowest BCUT2D eigenvalue weighted by molar-refractivity contribution is 0.448. The highest BCUT2D eigenvalue weighted by Crippen LogP contribution is 2.35. The van der Waals surface area contributed by atoms with E-state index in [-0.39, 0.29) is 16.4 Å². The average molecular weight is 396 g/mol. The van der Waals surface area contributed by atoms with Crippen molar-refractivity contribution < 1.29 is 8.42 Å². The van der Waals surface area contributed by atoms with Crippen molar-refractivity contribution in [3.05, 3.63) is 40.7 Å². The van der Waals surface area contributed by atoms with Crippen LogP contribution < -0.4 is 4.72 Å². The highest BCUT2D eigenvalue weighted by atomic mass is 35.5. The van der Waals surface area contributed by atoms with Gasteiger partial charge < -0.3 is 0 Å². The van der Waals surface area contributed by atoms with E-state index in [2.05, 4.69) is 9.82 Å². The van der Waals surface area contributed by atoms with Gasteiger partial charge in [0, 0.05) is 16.6 Å². The lowest BCUT2D eigenvalue weighted by atomic mass is 9.92. The van der Waals surface area contributed by atoms with Gasteiger partial charge in [0.1, 0.15) is 4.90 Å². The maximum Gasteiger partial charge on any atom is 0.265 e. The van der Waals surface area contributed by atoms with Gasteiger partial charge in [-0.15, -0.1) is 0 Å². The Morgan fingerprint density at radius 3 is 2.50 bits per heavy atom. The van der Waals surface area contributed by atoms with Crippen LogP contribution in [0.2, 0.25) is 5.02 Å². The molecule has 5 nitrogen and oxygen atoms in total. The summed E-state index contributed by atoms with van der Waals surface area (Å²) in [6.45, 7) is 7.75. The van der Waals surface area contributed by atoms with Crippen LogP contribution in [0.1, 0.15) is 63.8 Å². The van der Waals surface area contributed by atoms with Gasteiger partial charge in [0.05, 0.1) is 17.4 Å². The minimum Gasteiger partial charge on any atom is -0.279 e. The van der Waals surface area contributed by atoms with E-state index in [1.807, 2.05) is 25.5 Å². The molecule has 1 fully saturated rings. The van der Waals surface area contributed by atoms with Crippen LogP contribution in [0, 0.1) is 6.92 Å². The largest absolute Gasteiger partial charge is 0.279 e. The number of rotatable bonds is 4. The molecular formula is C19H26ClN3O2S. The molecule has 7 heteroatoms. The van der Waals surface area contributed by atoms with Gasteiger partial charge in [-0.2, -0.15) is 5.10 Å². The molecule has 1 N–H and O–H groups in total. The summed E-state index contributed by atoms with van der Waals surface area (Å²) in [5.41, 5.74) is 1.41. The summed E-state index contributed by atoms with van der Waals surface area (Å²) in [7, 11) is -3.77. The maximum atomic E-state index is 13.2. The Labute approximate surface area is 160 Å². The van der Waals surface area contributed by atoms with Crippen LogP contribution in [0.4, 0.5) is 5.69 Å². The van der Waals surface area contributed by atoms with Crippen LogP contribution in [0.25, 0.3) is 0 Å². The zero-order valence-electron chi connectivity index (χ0n) is 15.7. The number of benzene rings is 1. The lowest BCUT2D eigenvalue weighted by Crippen LogP contribution is -2.20. The molecule has 0 aliphatic heterocycles. The number of hydrogen-bond donors (Lipinski definition) is 1. The Hall–Kier alpha value is -1.53. The molecule has 0 atom stereocenters. The van der Waals surface area contributed by atoms with Gasteiger partial charge in [0.25, 0.3) is 10.0 Å².